The maximum Gasteiger partial charge on any atom is 0.191 e. The lowest BCUT2D eigenvalue weighted by atomic mass is 10.2. The SMILES string of the molecule is CCNC(=NCc1nc(C(C)C)cs1)NCC(c1ccco1)N(CC)CC.I. The Bertz CT molecular complexity index is 683. The third-order valence-electron chi connectivity index (χ3n) is 4.47. The molecule has 0 aliphatic carbocycles. The van der Waals surface area contributed by atoms with Crippen LogP contribution in [0.5, 0.6) is 0 Å². The van der Waals surface area contributed by atoms with Gasteiger partial charge in [0.05, 0.1) is 24.5 Å². The second-order valence-electron chi connectivity index (χ2n) is 6.65. The van der Waals surface area contributed by atoms with Gasteiger partial charge in [-0.1, -0.05) is 27.7 Å². The fraction of sp³-hybridized carbons (Fsp3) is 0.600. The zero-order chi connectivity index (χ0) is 19.6. The Morgan fingerprint density at radius 1 is 1.25 bits per heavy atom. The number of hydrogen-bond donors (Lipinski definition) is 2. The number of furan rings is 1. The Balaban J connectivity index is 0.00000392. The van der Waals surface area contributed by atoms with Gasteiger partial charge in [-0.15, -0.1) is 35.3 Å². The Morgan fingerprint density at radius 2 is 2.00 bits per heavy atom. The maximum atomic E-state index is 5.68. The molecule has 2 N–H and O–H groups in total. The molecule has 2 rings (SSSR count). The van der Waals surface area contributed by atoms with Crippen molar-refractivity contribution in [3.63, 3.8) is 0 Å². The average molecular weight is 519 g/mol. The summed E-state index contributed by atoms with van der Waals surface area (Å²) in [5, 5.41) is 9.97. The monoisotopic (exact) mass is 519 g/mol. The molecule has 0 radical (unpaired) electrons. The summed E-state index contributed by atoms with van der Waals surface area (Å²) in [6.07, 6.45) is 1.74. The third-order valence-corrected chi connectivity index (χ3v) is 5.32. The van der Waals surface area contributed by atoms with E-state index in [1.807, 2.05) is 12.1 Å². The van der Waals surface area contributed by atoms with Crippen LogP contribution in [-0.2, 0) is 6.54 Å². The number of likely N-dealkylation sites (N-methyl/N-ethyl adjacent to an activating group) is 1. The second kappa shape index (κ2) is 13.2. The number of aliphatic imine (C=N–C) groups is 1. The van der Waals surface area contributed by atoms with Gasteiger partial charge in [0.1, 0.15) is 10.8 Å². The first-order valence-electron chi connectivity index (χ1n) is 9.82. The Kier molecular flexibility index (Phi) is 11.7. The number of thiazole rings is 1. The van der Waals surface area contributed by atoms with E-state index < -0.39 is 0 Å². The molecule has 28 heavy (non-hydrogen) atoms. The van der Waals surface area contributed by atoms with Crippen LogP contribution in [0.15, 0.2) is 33.2 Å². The standard InChI is InChI=1S/C20H33N5OS.HI/c1-6-21-20(23-13-19-24-16(14-27-19)15(4)5)22-12-17(25(7-2)8-3)18-10-9-11-26-18;/h9-11,14-15,17H,6-8,12-13H2,1-5H3,(H2,21,22,23);1H. The molecule has 0 saturated heterocycles. The number of halogens is 1. The van der Waals surface area contributed by atoms with E-state index in [0.29, 0.717) is 12.5 Å². The van der Waals surface area contributed by atoms with Gasteiger partial charge in [0.2, 0.25) is 0 Å². The minimum absolute atomic E-state index is 0. The third kappa shape index (κ3) is 7.36. The molecule has 0 spiro atoms. The number of guanidine groups is 1. The van der Waals surface area contributed by atoms with Crippen molar-refractivity contribution in [1.82, 2.24) is 20.5 Å². The lowest BCUT2D eigenvalue weighted by Crippen LogP contribution is -2.43. The molecule has 0 saturated carbocycles. The summed E-state index contributed by atoms with van der Waals surface area (Å²) in [7, 11) is 0. The number of nitrogens with one attached hydrogen (secondary N) is 2. The molecule has 0 aliphatic heterocycles. The van der Waals surface area contributed by atoms with Crippen molar-refractivity contribution in [2.75, 3.05) is 26.2 Å². The largest absolute Gasteiger partial charge is 0.468 e. The van der Waals surface area contributed by atoms with Crippen LogP contribution in [0.25, 0.3) is 0 Å². The molecular formula is C20H34IN5OS. The molecule has 0 bridgehead atoms. The predicted octanol–water partition coefficient (Wildman–Crippen LogP) is 4.62. The van der Waals surface area contributed by atoms with Crippen LogP contribution >= 0.6 is 35.3 Å². The van der Waals surface area contributed by atoms with Crippen molar-refractivity contribution in [1.29, 1.82) is 0 Å². The van der Waals surface area contributed by atoms with Crippen LogP contribution < -0.4 is 10.6 Å². The average Bonchev–Trinajstić information content (AvgIpc) is 3.35. The van der Waals surface area contributed by atoms with Crippen LogP contribution in [-0.4, -0.2) is 42.0 Å². The second-order valence-corrected chi connectivity index (χ2v) is 7.59. The van der Waals surface area contributed by atoms with E-state index in [0.717, 1.165) is 48.6 Å². The highest BCUT2D eigenvalue weighted by atomic mass is 127. The minimum Gasteiger partial charge on any atom is -0.468 e. The Morgan fingerprint density at radius 3 is 2.54 bits per heavy atom. The van der Waals surface area contributed by atoms with Gasteiger partial charge in [-0.2, -0.15) is 0 Å². The molecule has 2 aromatic heterocycles. The molecule has 0 amide bonds. The van der Waals surface area contributed by atoms with Crippen molar-refractivity contribution in [3.05, 3.63) is 40.2 Å². The van der Waals surface area contributed by atoms with Crippen molar-refractivity contribution in [3.8, 4) is 0 Å². The maximum absolute atomic E-state index is 5.68. The molecule has 158 valence electrons. The van der Waals surface area contributed by atoms with E-state index in [4.69, 9.17) is 9.41 Å². The first-order chi connectivity index (χ1) is 13.1. The number of nitrogens with zero attached hydrogens (tertiary/aromatic N) is 3. The molecule has 2 aromatic rings. The molecule has 8 heteroatoms. The summed E-state index contributed by atoms with van der Waals surface area (Å²) < 4.78 is 5.68. The van der Waals surface area contributed by atoms with Crippen LogP contribution in [0.3, 0.4) is 0 Å². The van der Waals surface area contributed by atoms with Crippen LogP contribution in [0.1, 0.15) is 63.0 Å². The summed E-state index contributed by atoms with van der Waals surface area (Å²) in [5.74, 6) is 2.24. The summed E-state index contributed by atoms with van der Waals surface area (Å²) in [4.78, 5) is 11.8. The smallest absolute Gasteiger partial charge is 0.191 e. The summed E-state index contributed by atoms with van der Waals surface area (Å²) >= 11 is 1.68. The topological polar surface area (TPSA) is 65.7 Å². The molecule has 0 aromatic carbocycles. The highest BCUT2D eigenvalue weighted by Crippen LogP contribution is 2.20. The molecule has 1 atom stereocenters. The van der Waals surface area contributed by atoms with E-state index >= 15 is 0 Å². The predicted molar refractivity (Wildman–Crippen MR) is 129 cm³/mol. The van der Waals surface area contributed by atoms with Gasteiger partial charge in [-0.25, -0.2) is 9.98 Å². The van der Waals surface area contributed by atoms with Gasteiger partial charge in [0.25, 0.3) is 0 Å². The van der Waals surface area contributed by atoms with Crippen molar-refractivity contribution in [2.24, 2.45) is 4.99 Å². The van der Waals surface area contributed by atoms with Crippen LogP contribution in [0, 0.1) is 0 Å². The highest BCUT2D eigenvalue weighted by molar-refractivity contribution is 14.0. The van der Waals surface area contributed by atoms with Gasteiger partial charge in [-0.05, 0) is 38.1 Å². The number of hydrogen-bond acceptors (Lipinski definition) is 5. The van der Waals surface area contributed by atoms with Crippen molar-refractivity contribution < 1.29 is 4.42 Å². The molecule has 6 nitrogen and oxygen atoms in total. The highest BCUT2D eigenvalue weighted by Gasteiger charge is 2.20. The van der Waals surface area contributed by atoms with Crippen LogP contribution in [0.2, 0.25) is 0 Å². The van der Waals surface area contributed by atoms with Crippen LogP contribution in [0.4, 0.5) is 0 Å². The quantitative estimate of drug-likeness (QED) is 0.273. The molecule has 0 aliphatic rings. The molecule has 1 unspecified atom stereocenters. The van der Waals surface area contributed by atoms with E-state index in [1.54, 1.807) is 17.6 Å². The number of rotatable bonds is 10. The summed E-state index contributed by atoms with van der Waals surface area (Å²) in [6.45, 7) is 14.8. The summed E-state index contributed by atoms with van der Waals surface area (Å²) in [6, 6.07) is 4.16. The zero-order valence-electron chi connectivity index (χ0n) is 17.6. The molecule has 0 fully saturated rings. The van der Waals surface area contributed by atoms with Gasteiger partial charge < -0.3 is 15.1 Å². The van der Waals surface area contributed by atoms with Crippen molar-refractivity contribution in [2.45, 2.75) is 53.1 Å². The van der Waals surface area contributed by atoms with Crippen molar-refractivity contribution >= 4 is 41.3 Å². The summed E-state index contributed by atoms with van der Waals surface area (Å²) in [5.41, 5.74) is 1.14. The van der Waals surface area contributed by atoms with E-state index in [2.05, 4.69) is 60.5 Å². The molecule has 2 heterocycles. The van der Waals surface area contributed by atoms with Gasteiger partial charge in [0.15, 0.2) is 5.96 Å². The van der Waals surface area contributed by atoms with E-state index in [1.165, 1.54) is 0 Å². The van der Waals surface area contributed by atoms with E-state index in [9.17, 15) is 0 Å². The Hall–Kier alpha value is -1.13. The molecular weight excluding hydrogens is 485 g/mol. The lowest BCUT2D eigenvalue weighted by Gasteiger charge is -2.28. The van der Waals surface area contributed by atoms with E-state index in [-0.39, 0.29) is 30.0 Å². The van der Waals surface area contributed by atoms with Gasteiger partial charge in [-0.3, -0.25) is 4.90 Å². The van der Waals surface area contributed by atoms with Gasteiger partial charge in [0, 0.05) is 18.5 Å². The normalized spacial score (nSPS) is 12.9. The van der Waals surface area contributed by atoms with Gasteiger partial charge >= 0.3 is 0 Å². The lowest BCUT2D eigenvalue weighted by molar-refractivity contribution is 0.193. The fourth-order valence-corrected chi connectivity index (χ4v) is 3.78. The minimum atomic E-state index is 0. The first-order valence-corrected chi connectivity index (χ1v) is 10.7. The Labute approximate surface area is 190 Å². The number of aromatic nitrogens is 1. The fourth-order valence-electron chi connectivity index (χ4n) is 2.90. The zero-order valence-corrected chi connectivity index (χ0v) is 20.7. The first kappa shape index (κ1) is 24.9.